The minimum atomic E-state index is -0.976. The van der Waals surface area contributed by atoms with Crippen LogP contribution < -0.4 is 5.73 Å². The Morgan fingerprint density at radius 1 is 1.42 bits per heavy atom. The molecule has 0 aliphatic heterocycles. The Morgan fingerprint density at radius 3 is 2.53 bits per heavy atom. The summed E-state index contributed by atoms with van der Waals surface area (Å²) in [6.07, 6.45) is 2.36. The number of aliphatic hydroxyl groups is 1. The van der Waals surface area contributed by atoms with Gasteiger partial charge in [-0.3, -0.25) is 0 Å². The third kappa shape index (κ3) is 4.35. The molecular formula is C14H22IN3O. The molecule has 4 nitrogen and oxygen atoms in total. The van der Waals surface area contributed by atoms with Crippen LogP contribution in [0, 0.1) is 0 Å². The lowest BCUT2D eigenvalue weighted by Crippen LogP contribution is -2.37. The van der Waals surface area contributed by atoms with Gasteiger partial charge in [-0.05, 0) is 25.3 Å². The number of aliphatic imine (C=N–C) groups is 1. The van der Waals surface area contributed by atoms with E-state index in [1.54, 1.807) is 6.92 Å². The quantitative estimate of drug-likeness (QED) is 0.480. The van der Waals surface area contributed by atoms with Crippen LogP contribution in [0.25, 0.3) is 0 Å². The molecule has 0 aromatic heterocycles. The second kappa shape index (κ2) is 6.56. The van der Waals surface area contributed by atoms with Gasteiger partial charge in [0.15, 0.2) is 5.96 Å². The molecule has 0 amide bonds. The topological polar surface area (TPSA) is 61.8 Å². The van der Waals surface area contributed by atoms with Gasteiger partial charge < -0.3 is 15.7 Å². The molecule has 1 aromatic rings. The molecule has 0 bridgehead atoms. The Kier molecular flexibility index (Phi) is 5.61. The Labute approximate surface area is 131 Å². The van der Waals surface area contributed by atoms with Gasteiger partial charge in [-0.25, -0.2) is 4.99 Å². The number of nitrogens with zero attached hydrogens (tertiary/aromatic N) is 2. The molecule has 106 valence electrons. The molecule has 1 fully saturated rings. The SMILES string of the molecule is CN(C(N)=NCC(C)(O)c1ccccc1)C1CC1.I. The van der Waals surface area contributed by atoms with Crippen molar-refractivity contribution < 1.29 is 5.11 Å². The Bertz CT molecular complexity index is 430. The molecule has 1 saturated carbocycles. The summed E-state index contributed by atoms with van der Waals surface area (Å²) in [6, 6.07) is 10.1. The maximum absolute atomic E-state index is 10.4. The first-order valence-corrected chi connectivity index (χ1v) is 6.31. The highest BCUT2D eigenvalue weighted by Crippen LogP contribution is 2.25. The van der Waals surface area contributed by atoms with Crippen molar-refractivity contribution >= 4 is 29.9 Å². The lowest BCUT2D eigenvalue weighted by Gasteiger charge is -2.23. The smallest absolute Gasteiger partial charge is 0.191 e. The van der Waals surface area contributed by atoms with Gasteiger partial charge in [0.1, 0.15) is 5.60 Å². The minimum absolute atomic E-state index is 0. The number of hydrogen-bond acceptors (Lipinski definition) is 2. The predicted molar refractivity (Wildman–Crippen MR) is 88.7 cm³/mol. The first-order chi connectivity index (χ1) is 8.50. The molecule has 19 heavy (non-hydrogen) atoms. The van der Waals surface area contributed by atoms with E-state index < -0.39 is 5.60 Å². The Morgan fingerprint density at radius 2 is 2.00 bits per heavy atom. The summed E-state index contributed by atoms with van der Waals surface area (Å²) in [4.78, 5) is 6.29. The van der Waals surface area contributed by atoms with E-state index in [4.69, 9.17) is 5.73 Å². The molecule has 0 saturated heterocycles. The second-order valence-corrected chi connectivity index (χ2v) is 5.16. The van der Waals surface area contributed by atoms with Crippen molar-refractivity contribution in [3.8, 4) is 0 Å². The van der Waals surface area contributed by atoms with Crippen LogP contribution in [0.15, 0.2) is 35.3 Å². The fourth-order valence-electron chi connectivity index (χ4n) is 1.88. The van der Waals surface area contributed by atoms with Crippen LogP contribution in [-0.2, 0) is 5.60 Å². The summed E-state index contributed by atoms with van der Waals surface area (Å²) in [5, 5.41) is 10.4. The predicted octanol–water partition coefficient (Wildman–Crippen LogP) is 1.92. The maximum atomic E-state index is 10.4. The van der Waals surface area contributed by atoms with Crippen molar-refractivity contribution in [3.05, 3.63) is 35.9 Å². The van der Waals surface area contributed by atoms with E-state index in [9.17, 15) is 5.11 Å². The third-order valence-electron chi connectivity index (χ3n) is 3.40. The molecule has 0 radical (unpaired) electrons. The van der Waals surface area contributed by atoms with Gasteiger partial charge in [0.05, 0.1) is 6.54 Å². The fourth-order valence-corrected chi connectivity index (χ4v) is 1.88. The zero-order valence-corrected chi connectivity index (χ0v) is 13.7. The molecule has 0 spiro atoms. The van der Waals surface area contributed by atoms with Crippen LogP contribution in [0.1, 0.15) is 25.3 Å². The number of nitrogens with two attached hydrogens (primary N) is 1. The van der Waals surface area contributed by atoms with Crippen molar-refractivity contribution in [3.63, 3.8) is 0 Å². The zero-order valence-electron chi connectivity index (χ0n) is 11.4. The highest BCUT2D eigenvalue weighted by atomic mass is 127. The summed E-state index contributed by atoms with van der Waals surface area (Å²) in [5.41, 5.74) is 5.79. The number of hydrogen-bond donors (Lipinski definition) is 2. The summed E-state index contributed by atoms with van der Waals surface area (Å²) >= 11 is 0. The molecule has 1 atom stereocenters. The van der Waals surface area contributed by atoms with Crippen LogP contribution in [0.3, 0.4) is 0 Å². The Hall–Kier alpha value is -0.820. The molecule has 1 aliphatic carbocycles. The molecule has 1 unspecified atom stereocenters. The van der Waals surface area contributed by atoms with Gasteiger partial charge in [-0.2, -0.15) is 0 Å². The fraction of sp³-hybridized carbons (Fsp3) is 0.500. The lowest BCUT2D eigenvalue weighted by molar-refractivity contribution is 0.0671. The van der Waals surface area contributed by atoms with Crippen molar-refractivity contribution in [1.82, 2.24) is 4.90 Å². The maximum Gasteiger partial charge on any atom is 0.191 e. The van der Waals surface area contributed by atoms with Gasteiger partial charge in [0.25, 0.3) is 0 Å². The first kappa shape index (κ1) is 16.2. The van der Waals surface area contributed by atoms with E-state index in [1.807, 2.05) is 42.3 Å². The van der Waals surface area contributed by atoms with Crippen molar-refractivity contribution in [2.24, 2.45) is 10.7 Å². The van der Waals surface area contributed by atoms with Crippen molar-refractivity contribution in [2.75, 3.05) is 13.6 Å². The van der Waals surface area contributed by atoms with Gasteiger partial charge in [-0.1, -0.05) is 30.3 Å². The molecular weight excluding hydrogens is 353 g/mol. The monoisotopic (exact) mass is 375 g/mol. The van der Waals surface area contributed by atoms with E-state index >= 15 is 0 Å². The summed E-state index contributed by atoms with van der Waals surface area (Å²) in [7, 11) is 1.95. The highest BCUT2D eigenvalue weighted by Gasteiger charge is 2.28. The van der Waals surface area contributed by atoms with Crippen molar-refractivity contribution in [1.29, 1.82) is 0 Å². The van der Waals surface area contributed by atoms with E-state index in [2.05, 4.69) is 4.99 Å². The van der Waals surface area contributed by atoms with E-state index in [1.165, 1.54) is 12.8 Å². The van der Waals surface area contributed by atoms with Crippen LogP contribution >= 0.6 is 24.0 Å². The number of guanidine groups is 1. The van der Waals surface area contributed by atoms with Crippen LogP contribution in [-0.4, -0.2) is 35.6 Å². The minimum Gasteiger partial charge on any atom is -0.384 e. The van der Waals surface area contributed by atoms with E-state index in [0.717, 1.165) is 5.56 Å². The summed E-state index contributed by atoms with van der Waals surface area (Å²) in [5.74, 6) is 0.508. The average Bonchev–Trinajstić information content (AvgIpc) is 3.20. The van der Waals surface area contributed by atoms with Gasteiger partial charge >= 0.3 is 0 Å². The zero-order chi connectivity index (χ0) is 13.2. The van der Waals surface area contributed by atoms with Gasteiger partial charge in [-0.15, -0.1) is 24.0 Å². The van der Waals surface area contributed by atoms with Gasteiger partial charge in [0.2, 0.25) is 0 Å². The third-order valence-corrected chi connectivity index (χ3v) is 3.40. The van der Waals surface area contributed by atoms with Crippen LogP contribution in [0.4, 0.5) is 0 Å². The summed E-state index contributed by atoms with van der Waals surface area (Å²) < 4.78 is 0. The first-order valence-electron chi connectivity index (χ1n) is 6.31. The van der Waals surface area contributed by atoms with Gasteiger partial charge in [0, 0.05) is 13.1 Å². The van der Waals surface area contributed by atoms with E-state index in [0.29, 0.717) is 12.0 Å². The van der Waals surface area contributed by atoms with E-state index in [-0.39, 0.29) is 30.5 Å². The lowest BCUT2D eigenvalue weighted by atomic mass is 9.96. The Balaban J connectivity index is 0.00000180. The highest BCUT2D eigenvalue weighted by molar-refractivity contribution is 14.0. The number of benzene rings is 1. The van der Waals surface area contributed by atoms with Crippen LogP contribution in [0.2, 0.25) is 0 Å². The van der Waals surface area contributed by atoms with Crippen LogP contribution in [0.5, 0.6) is 0 Å². The molecule has 1 aromatic carbocycles. The molecule has 0 heterocycles. The molecule has 3 N–H and O–H groups in total. The normalized spacial score (nSPS) is 18.4. The van der Waals surface area contributed by atoms with Crippen molar-refractivity contribution in [2.45, 2.75) is 31.4 Å². The summed E-state index contributed by atoms with van der Waals surface area (Å²) in [6.45, 7) is 2.04. The number of rotatable bonds is 4. The second-order valence-electron chi connectivity index (χ2n) is 5.16. The largest absolute Gasteiger partial charge is 0.384 e. The molecule has 5 heteroatoms. The standard InChI is InChI=1S/C14H21N3O.HI/c1-14(18,11-6-4-3-5-7-11)10-16-13(15)17(2)12-8-9-12;/h3-7,12,18H,8-10H2,1-2H3,(H2,15,16);1H. The number of halogens is 1. The average molecular weight is 375 g/mol. The molecule has 2 rings (SSSR count). The molecule has 1 aliphatic rings.